The van der Waals surface area contributed by atoms with Crippen molar-refractivity contribution in [1.82, 2.24) is 20.1 Å². The van der Waals surface area contributed by atoms with Crippen molar-refractivity contribution in [3.63, 3.8) is 0 Å². The molecule has 1 aromatic heterocycles. The minimum atomic E-state index is 0. The number of morpholine rings is 1. The van der Waals surface area contributed by atoms with Crippen LogP contribution in [0.25, 0.3) is 10.9 Å². The third-order valence-corrected chi connectivity index (χ3v) is 5.26. The van der Waals surface area contributed by atoms with E-state index in [1.807, 2.05) is 7.05 Å². The van der Waals surface area contributed by atoms with Crippen LogP contribution in [0.5, 0.6) is 0 Å². The molecule has 3 heterocycles. The van der Waals surface area contributed by atoms with Crippen LogP contribution in [0.2, 0.25) is 0 Å². The van der Waals surface area contributed by atoms with Crippen molar-refractivity contribution < 1.29 is 4.74 Å². The summed E-state index contributed by atoms with van der Waals surface area (Å²) in [4.78, 5) is 12.9. The lowest BCUT2D eigenvalue weighted by atomic mass is 10.2. The van der Waals surface area contributed by atoms with Crippen LogP contribution in [-0.2, 0) is 11.3 Å². The smallest absolute Gasteiger partial charge is 0.194 e. The number of nitrogens with one attached hydrogen (secondary N) is 2. The number of nitrogens with zero attached hydrogens (tertiary/aromatic N) is 3. The summed E-state index contributed by atoms with van der Waals surface area (Å²) >= 11 is 0. The second kappa shape index (κ2) is 9.05. The van der Waals surface area contributed by atoms with Crippen LogP contribution in [0, 0.1) is 0 Å². The first-order chi connectivity index (χ1) is 12.3. The molecule has 2 aliphatic rings. The highest BCUT2D eigenvalue weighted by Gasteiger charge is 2.30. The largest absolute Gasteiger partial charge is 0.379 e. The number of H-pyrrole nitrogens is 1. The SMILES string of the molecule is CN=C(NCc1cc2ccccc2[nH]1)N1CCC(N2CCOCC2)C1.I. The number of likely N-dealkylation sites (tertiary alicyclic amines) is 1. The van der Waals surface area contributed by atoms with Crippen LogP contribution in [0.3, 0.4) is 0 Å². The number of aliphatic imine (C=N–C) groups is 1. The number of benzene rings is 1. The number of fused-ring (bicyclic) bond motifs is 1. The Hall–Kier alpha value is -1.32. The third-order valence-electron chi connectivity index (χ3n) is 5.26. The molecule has 2 N–H and O–H groups in total. The molecule has 2 fully saturated rings. The Bertz CT molecular complexity index is 707. The molecule has 2 saturated heterocycles. The number of halogens is 1. The van der Waals surface area contributed by atoms with Gasteiger partial charge in [-0.05, 0) is 23.9 Å². The maximum absolute atomic E-state index is 5.47. The van der Waals surface area contributed by atoms with E-state index < -0.39 is 0 Å². The molecular weight excluding hydrogens is 441 g/mol. The number of hydrogen-bond donors (Lipinski definition) is 2. The number of aromatic amines is 1. The highest BCUT2D eigenvalue weighted by Crippen LogP contribution is 2.18. The lowest BCUT2D eigenvalue weighted by Crippen LogP contribution is -2.46. The Morgan fingerprint density at radius 1 is 1.27 bits per heavy atom. The van der Waals surface area contributed by atoms with Gasteiger partial charge >= 0.3 is 0 Å². The van der Waals surface area contributed by atoms with E-state index in [9.17, 15) is 0 Å². The molecular formula is C19H28IN5O. The monoisotopic (exact) mass is 469 g/mol. The van der Waals surface area contributed by atoms with Gasteiger partial charge in [-0.25, -0.2) is 0 Å². The Balaban J connectivity index is 0.00000196. The fraction of sp³-hybridized carbons (Fsp3) is 0.526. The zero-order chi connectivity index (χ0) is 17.1. The van der Waals surface area contributed by atoms with Gasteiger partial charge in [-0.1, -0.05) is 18.2 Å². The molecule has 142 valence electrons. The van der Waals surface area contributed by atoms with Crippen LogP contribution in [0.15, 0.2) is 35.3 Å². The predicted octanol–water partition coefficient (Wildman–Crippen LogP) is 2.27. The first kappa shape index (κ1) is 19.4. The van der Waals surface area contributed by atoms with Gasteiger partial charge in [0.15, 0.2) is 5.96 Å². The lowest BCUT2D eigenvalue weighted by Gasteiger charge is -2.32. The summed E-state index contributed by atoms with van der Waals surface area (Å²) in [5.41, 5.74) is 2.37. The van der Waals surface area contributed by atoms with Gasteiger partial charge in [0.05, 0.1) is 19.8 Å². The fourth-order valence-corrected chi connectivity index (χ4v) is 3.91. The summed E-state index contributed by atoms with van der Waals surface area (Å²) in [6, 6.07) is 11.2. The number of rotatable bonds is 3. The van der Waals surface area contributed by atoms with Gasteiger partial charge in [-0.15, -0.1) is 24.0 Å². The molecule has 4 rings (SSSR count). The van der Waals surface area contributed by atoms with Gasteiger partial charge in [0, 0.05) is 50.5 Å². The van der Waals surface area contributed by atoms with E-state index >= 15 is 0 Å². The van der Waals surface area contributed by atoms with Crippen LogP contribution in [0.1, 0.15) is 12.1 Å². The third kappa shape index (κ3) is 4.32. The highest BCUT2D eigenvalue weighted by molar-refractivity contribution is 14.0. The summed E-state index contributed by atoms with van der Waals surface area (Å²) in [6.07, 6.45) is 1.20. The highest BCUT2D eigenvalue weighted by atomic mass is 127. The van der Waals surface area contributed by atoms with Crippen molar-refractivity contribution in [1.29, 1.82) is 0 Å². The van der Waals surface area contributed by atoms with Crippen molar-refractivity contribution in [3.05, 3.63) is 36.0 Å². The van der Waals surface area contributed by atoms with Gasteiger partial charge in [0.25, 0.3) is 0 Å². The summed E-state index contributed by atoms with van der Waals surface area (Å²) < 4.78 is 5.47. The quantitative estimate of drug-likeness (QED) is 0.412. The lowest BCUT2D eigenvalue weighted by molar-refractivity contribution is 0.0195. The van der Waals surface area contributed by atoms with Gasteiger partial charge in [-0.2, -0.15) is 0 Å². The molecule has 26 heavy (non-hydrogen) atoms. The van der Waals surface area contributed by atoms with Crippen LogP contribution in [0.4, 0.5) is 0 Å². The first-order valence-corrected chi connectivity index (χ1v) is 9.17. The molecule has 1 aromatic carbocycles. The average Bonchev–Trinajstić information content (AvgIpc) is 3.30. The Kier molecular flexibility index (Phi) is 6.77. The van der Waals surface area contributed by atoms with Gasteiger partial charge < -0.3 is 19.9 Å². The normalized spacial score (nSPS) is 21.8. The molecule has 6 nitrogen and oxygen atoms in total. The van der Waals surface area contributed by atoms with Gasteiger partial charge in [-0.3, -0.25) is 9.89 Å². The van der Waals surface area contributed by atoms with Gasteiger partial charge in [0.1, 0.15) is 0 Å². The number of hydrogen-bond acceptors (Lipinski definition) is 3. The van der Waals surface area contributed by atoms with E-state index in [1.165, 1.54) is 23.0 Å². The first-order valence-electron chi connectivity index (χ1n) is 9.17. The molecule has 7 heteroatoms. The summed E-state index contributed by atoms with van der Waals surface area (Å²) in [6.45, 7) is 6.72. The molecule has 0 radical (unpaired) electrons. The maximum Gasteiger partial charge on any atom is 0.194 e. The number of guanidine groups is 1. The number of para-hydroxylation sites is 1. The second-order valence-electron chi connectivity index (χ2n) is 6.82. The molecule has 1 unspecified atom stereocenters. The molecule has 0 bridgehead atoms. The minimum Gasteiger partial charge on any atom is -0.379 e. The molecule has 0 saturated carbocycles. The van der Waals surface area contributed by atoms with Crippen molar-refractivity contribution >= 4 is 40.8 Å². The van der Waals surface area contributed by atoms with E-state index in [-0.39, 0.29) is 24.0 Å². The molecule has 2 aliphatic heterocycles. The predicted molar refractivity (Wildman–Crippen MR) is 116 cm³/mol. The van der Waals surface area contributed by atoms with E-state index in [2.05, 4.69) is 55.4 Å². The van der Waals surface area contributed by atoms with Crippen molar-refractivity contribution in [2.24, 2.45) is 4.99 Å². The average molecular weight is 469 g/mol. The van der Waals surface area contributed by atoms with Crippen molar-refractivity contribution in [2.75, 3.05) is 46.4 Å². The Labute approximate surface area is 172 Å². The summed E-state index contributed by atoms with van der Waals surface area (Å²) in [7, 11) is 1.87. The molecule has 0 aliphatic carbocycles. The zero-order valence-electron chi connectivity index (χ0n) is 15.3. The van der Waals surface area contributed by atoms with E-state index in [0.717, 1.165) is 51.9 Å². The summed E-state index contributed by atoms with van der Waals surface area (Å²) in [5, 5.41) is 4.77. The molecule has 1 atom stereocenters. The maximum atomic E-state index is 5.47. The zero-order valence-corrected chi connectivity index (χ0v) is 17.6. The fourth-order valence-electron chi connectivity index (χ4n) is 3.91. The van der Waals surface area contributed by atoms with Crippen LogP contribution < -0.4 is 5.32 Å². The Morgan fingerprint density at radius 3 is 2.85 bits per heavy atom. The van der Waals surface area contributed by atoms with Crippen LogP contribution in [-0.4, -0.2) is 73.2 Å². The van der Waals surface area contributed by atoms with E-state index in [1.54, 1.807) is 0 Å². The van der Waals surface area contributed by atoms with E-state index in [4.69, 9.17) is 4.74 Å². The number of aromatic nitrogens is 1. The standard InChI is InChI=1S/C19H27N5O.HI/c1-20-19(21-13-16-12-15-4-2-3-5-18(15)22-16)24-7-6-17(14-24)23-8-10-25-11-9-23;/h2-5,12,17,22H,6-11,13-14H2,1H3,(H,20,21);1H. The van der Waals surface area contributed by atoms with Gasteiger partial charge in [0.2, 0.25) is 0 Å². The number of ether oxygens (including phenoxy) is 1. The molecule has 0 amide bonds. The molecule has 2 aromatic rings. The minimum absolute atomic E-state index is 0. The molecule has 0 spiro atoms. The Morgan fingerprint density at radius 2 is 2.08 bits per heavy atom. The van der Waals surface area contributed by atoms with Crippen LogP contribution >= 0.6 is 24.0 Å². The van der Waals surface area contributed by atoms with Crippen molar-refractivity contribution in [3.8, 4) is 0 Å². The second-order valence-corrected chi connectivity index (χ2v) is 6.82. The topological polar surface area (TPSA) is 55.9 Å². The van der Waals surface area contributed by atoms with E-state index in [0.29, 0.717) is 6.04 Å². The van der Waals surface area contributed by atoms with Crippen molar-refractivity contribution in [2.45, 2.75) is 19.0 Å². The summed E-state index contributed by atoms with van der Waals surface area (Å²) in [5.74, 6) is 0.995.